The summed E-state index contributed by atoms with van der Waals surface area (Å²) in [5, 5.41) is 6.88. The third-order valence-corrected chi connectivity index (χ3v) is 4.02. The summed E-state index contributed by atoms with van der Waals surface area (Å²) in [5.41, 5.74) is 5.80. The van der Waals surface area contributed by atoms with Crippen molar-refractivity contribution in [3.8, 4) is 0 Å². The average Bonchev–Trinajstić information content (AvgIpc) is 2.79. The van der Waals surface area contributed by atoms with Gasteiger partial charge < -0.3 is 16.4 Å². The number of hydrogen-bond donors (Lipinski definition) is 3. The van der Waals surface area contributed by atoms with Gasteiger partial charge in [0.2, 0.25) is 0 Å². The number of thiazole rings is 1. The Hall–Kier alpha value is -1.56. The molecule has 0 saturated carbocycles. The molecule has 1 aliphatic carbocycles. The van der Waals surface area contributed by atoms with Gasteiger partial charge in [-0.25, -0.2) is 4.98 Å². The van der Waals surface area contributed by atoms with Crippen LogP contribution in [0, 0.1) is 0 Å². The molecule has 5 nitrogen and oxygen atoms in total. The molecule has 1 aromatic heterocycles. The summed E-state index contributed by atoms with van der Waals surface area (Å²) in [6.45, 7) is 2.91. The monoisotopic (exact) mass is 280 g/mol. The minimum Gasteiger partial charge on any atom is -0.382 e. The minimum atomic E-state index is -0.111. The number of carbonyl (C=O) groups is 1. The molecule has 0 aliphatic heterocycles. The number of rotatable bonds is 5. The van der Waals surface area contributed by atoms with Crippen LogP contribution in [0.4, 0.5) is 10.9 Å². The SMILES string of the molecule is CCCNc1nc(N)c(C(=O)NC2CC=CCC2)s1. The Morgan fingerprint density at radius 1 is 1.58 bits per heavy atom. The van der Waals surface area contributed by atoms with Crippen molar-refractivity contribution >= 4 is 28.2 Å². The van der Waals surface area contributed by atoms with E-state index in [4.69, 9.17) is 5.73 Å². The van der Waals surface area contributed by atoms with Crippen molar-refractivity contribution in [2.75, 3.05) is 17.6 Å². The molecule has 1 atom stereocenters. The van der Waals surface area contributed by atoms with Crippen molar-refractivity contribution in [2.45, 2.75) is 38.6 Å². The zero-order chi connectivity index (χ0) is 13.7. The van der Waals surface area contributed by atoms with Gasteiger partial charge in [-0.2, -0.15) is 0 Å². The maximum Gasteiger partial charge on any atom is 0.265 e. The lowest BCUT2D eigenvalue weighted by Gasteiger charge is -2.18. The highest BCUT2D eigenvalue weighted by atomic mass is 32.1. The van der Waals surface area contributed by atoms with Gasteiger partial charge in [0.05, 0.1) is 0 Å². The smallest absolute Gasteiger partial charge is 0.265 e. The highest BCUT2D eigenvalue weighted by Gasteiger charge is 2.19. The summed E-state index contributed by atoms with van der Waals surface area (Å²) < 4.78 is 0. The maximum atomic E-state index is 12.1. The summed E-state index contributed by atoms with van der Waals surface area (Å²) >= 11 is 1.32. The van der Waals surface area contributed by atoms with Crippen LogP contribution >= 0.6 is 11.3 Å². The second kappa shape index (κ2) is 6.56. The van der Waals surface area contributed by atoms with Crippen molar-refractivity contribution < 1.29 is 4.79 Å². The number of carbonyl (C=O) groups excluding carboxylic acids is 1. The molecule has 1 amide bonds. The Balaban J connectivity index is 1.98. The molecule has 19 heavy (non-hydrogen) atoms. The van der Waals surface area contributed by atoms with Gasteiger partial charge in [0.15, 0.2) is 5.13 Å². The van der Waals surface area contributed by atoms with E-state index in [0.717, 1.165) is 32.2 Å². The van der Waals surface area contributed by atoms with Crippen LogP contribution in [0.3, 0.4) is 0 Å². The number of amides is 1. The highest BCUT2D eigenvalue weighted by Crippen LogP contribution is 2.25. The van der Waals surface area contributed by atoms with Gasteiger partial charge in [0.25, 0.3) is 5.91 Å². The lowest BCUT2D eigenvalue weighted by atomic mass is 10.0. The Labute approximate surface area is 117 Å². The fraction of sp³-hybridized carbons (Fsp3) is 0.538. The van der Waals surface area contributed by atoms with E-state index >= 15 is 0 Å². The number of allylic oxidation sites excluding steroid dienone is 1. The molecule has 6 heteroatoms. The molecule has 0 aromatic carbocycles. The molecule has 2 rings (SSSR count). The maximum absolute atomic E-state index is 12.1. The summed E-state index contributed by atoms with van der Waals surface area (Å²) in [6.07, 6.45) is 8.17. The van der Waals surface area contributed by atoms with Crippen LogP contribution in [-0.4, -0.2) is 23.5 Å². The van der Waals surface area contributed by atoms with Gasteiger partial charge in [-0.15, -0.1) is 0 Å². The first-order valence-electron chi connectivity index (χ1n) is 6.66. The summed E-state index contributed by atoms with van der Waals surface area (Å²) in [7, 11) is 0. The van der Waals surface area contributed by atoms with E-state index in [9.17, 15) is 4.79 Å². The fourth-order valence-electron chi connectivity index (χ4n) is 1.98. The van der Waals surface area contributed by atoms with Gasteiger partial charge in [0.1, 0.15) is 10.7 Å². The average molecular weight is 280 g/mol. The van der Waals surface area contributed by atoms with Crippen LogP contribution in [-0.2, 0) is 0 Å². The normalized spacial score (nSPS) is 18.3. The van der Waals surface area contributed by atoms with Crippen molar-refractivity contribution in [1.82, 2.24) is 10.3 Å². The molecular weight excluding hydrogens is 260 g/mol. The van der Waals surface area contributed by atoms with Crippen LogP contribution in [0.2, 0.25) is 0 Å². The first kappa shape index (κ1) is 13.9. The number of aromatic nitrogens is 1. The topological polar surface area (TPSA) is 80.0 Å². The molecule has 1 aromatic rings. The van der Waals surface area contributed by atoms with Crippen LogP contribution in [0.15, 0.2) is 12.2 Å². The van der Waals surface area contributed by atoms with E-state index in [-0.39, 0.29) is 11.9 Å². The third kappa shape index (κ3) is 3.70. The van der Waals surface area contributed by atoms with E-state index < -0.39 is 0 Å². The van der Waals surface area contributed by atoms with E-state index in [1.54, 1.807) is 0 Å². The Bertz CT molecular complexity index is 469. The molecular formula is C13H20N4OS. The molecule has 1 heterocycles. The highest BCUT2D eigenvalue weighted by molar-refractivity contribution is 7.18. The number of anilines is 2. The summed E-state index contributed by atoms with van der Waals surface area (Å²) in [6, 6.07) is 0.214. The second-order valence-corrected chi connectivity index (χ2v) is 5.61. The molecule has 0 fully saturated rings. The van der Waals surface area contributed by atoms with Crippen LogP contribution in [0.5, 0.6) is 0 Å². The van der Waals surface area contributed by atoms with Gasteiger partial charge in [0, 0.05) is 12.6 Å². The Morgan fingerprint density at radius 3 is 3.11 bits per heavy atom. The lowest BCUT2D eigenvalue weighted by Crippen LogP contribution is -2.35. The lowest BCUT2D eigenvalue weighted by molar-refractivity contribution is 0.0939. The van der Waals surface area contributed by atoms with Crippen molar-refractivity contribution in [3.63, 3.8) is 0 Å². The van der Waals surface area contributed by atoms with E-state index in [0.29, 0.717) is 15.8 Å². The van der Waals surface area contributed by atoms with E-state index in [1.165, 1.54) is 11.3 Å². The van der Waals surface area contributed by atoms with Crippen LogP contribution in [0.1, 0.15) is 42.3 Å². The third-order valence-electron chi connectivity index (χ3n) is 2.99. The zero-order valence-corrected chi connectivity index (χ0v) is 11.9. The van der Waals surface area contributed by atoms with Gasteiger partial charge >= 0.3 is 0 Å². The van der Waals surface area contributed by atoms with Gasteiger partial charge in [-0.3, -0.25) is 4.79 Å². The van der Waals surface area contributed by atoms with Crippen molar-refractivity contribution in [3.05, 3.63) is 17.0 Å². The summed E-state index contributed by atoms with van der Waals surface area (Å²) in [4.78, 5) is 16.8. The number of nitrogens with zero attached hydrogens (tertiary/aromatic N) is 1. The second-order valence-electron chi connectivity index (χ2n) is 4.62. The van der Waals surface area contributed by atoms with Gasteiger partial charge in [-0.05, 0) is 25.7 Å². The standard InChI is InChI=1S/C13H20N4OS/c1-2-8-15-13-17-11(14)10(19-13)12(18)16-9-6-4-3-5-7-9/h3-4,9H,2,5-8,14H2,1H3,(H,15,17)(H,16,18). The number of hydrogen-bond acceptors (Lipinski definition) is 5. The van der Waals surface area contributed by atoms with Gasteiger partial charge in [-0.1, -0.05) is 30.4 Å². The predicted octanol–water partition coefficient (Wildman–Crippen LogP) is 2.39. The van der Waals surface area contributed by atoms with Crippen molar-refractivity contribution in [1.29, 1.82) is 0 Å². The molecule has 1 aliphatic rings. The first-order chi connectivity index (χ1) is 9.20. The fourth-order valence-corrected chi connectivity index (χ4v) is 2.79. The van der Waals surface area contributed by atoms with Crippen molar-refractivity contribution in [2.24, 2.45) is 0 Å². The minimum absolute atomic E-state index is 0.111. The number of nitrogens with one attached hydrogen (secondary N) is 2. The Kier molecular flexibility index (Phi) is 4.79. The molecule has 0 radical (unpaired) electrons. The molecule has 0 bridgehead atoms. The zero-order valence-electron chi connectivity index (χ0n) is 11.1. The molecule has 0 saturated heterocycles. The number of nitrogen functional groups attached to an aromatic ring is 1. The number of nitrogens with two attached hydrogens (primary N) is 1. The molecule has 104 valence electrons. The molecule has 1 unspecified atom stereocenters. The predicted molar refractivity (Wildman–Crippen MR) is 79.6 cm³/mol. The Morgan fingerprint density at radius 2 is 2.42 bits per heavy atom. The molecule has 4 N–H and O–H groups in total. The van der Waals surface area contributed by atoms with E-state index in [1.807, 2.05) is 0 Å². The van der Waals surface area contributed by atoms with E-state index in [2.05, 4.69) is 34.7 Å². The largest absolute Gasteiger partial charge is 0.382 e. The summed E-state index contributed by atoms with van der Waals surface area (Å²) in [5.74, 6) is 0.201. The van der Waals surface area contributed by atoms with Crippen LogP contribution in [0.25, 0.3) is 0 Å². The van der Waals surface area contributed by atoms with Crippen LogP contribution < -0.4 is 16.4 Å². The molecule has 0 spiro atoms. The first-order valence-corrected chi connectivity index (χ1v) is 7.48. The quantitative estimate of drug-likeness (QED) is 0.723.